The van der Waals surface area contributed by atoms with Crippen molar-refractivity contribution in [2.24, 2.45) is 0 Å². The van der Waals surface area contributed by atoms with Crippen molar-refractivity contribution in [1.82, 2.24) is 29.6 Å². The van der Waals surface area contributed by atoms with Crippen molar-refractivity contribution >= 4 is 10.9 Å². The van der Waals surface area contributed by atoms with E-state index in [1.807, 2.05) is 18.2 Å². The molecule has 1 aliphatic rings. The highest BCUT2D eigenvalue weighted by Gasteiger charge is 2.26. The molecule has 0 spiro atoms. The Hall–Kier alpha value is -2.58. The quantitative estimate of drug-likeness (QED) is 0.761. The number of nitrogens with one attached hydrogen (secondary N) is 1. The lowest BCUT2D eigenvalue weighted by atomic mass is 10.2. The Morgan fingerprint density at radius 3 is 3.12 bits per heavy atom. The van der Waals surface area contributed by atoms with E-state index in [9.17, 15) is 4.79 Å². The van der Waals surface area contributed by atoms with E-state index < -0.39 is 0 Å². The molecular formula is C17H20N6O2. The van der Waals surface area contributed by atoms with Gasteiger partial charge in [0.05, 0.1) is 36.2 Å². The molecule has 0 radical (unpaired) electrons. The van der Waals surface area contributed by atoms with Gasteiger partial charge >= 0.3 is 0 Å². The molecule has 130 valence electrons. The van der Waals surface area contributed by atoms with Crippen molar-refractivity contribution in [1.29, 1.82) is 0 Å². The Balaban J connectivity index is 1.53. The first kappa shape index (κ1) is 15.9. The van der Waals surface area contributed by atoms with Gasteiger partial charge < -0.3 is 9.72 Å². The van der Waals surface area contributed by atoms with Crippen LogP contribution in [-0.4, -0.2) is 55.4 Å². The van der Waals surface area contributed by atoms with Crippen molar-refractivity contribution in [2.75, 3.05) is 19.7 Å². The smallest absolute Gasteiger partial charge is 0.258 e. The second kappa shape index (κ2) is 6.73. The normalized spacial score (nSPS) is 20.0. The molecule has 1 N–H and O–H groups in total. The average molecular weight is 340 g/mol. The second-order valence-corrected chi connectivity index (χ2v) is 6.25. The first-order valence-electron chi connectivity index (χ1n) is 8.38. The summed E-state index contributed by atoms with van der Waals surface area (Å²) in [5.41, 5.74) is 0.625. The van der Waals surface area contributed by atoms with Crippen LogP contribution in [0.4, 0.5) is 0 Å². The van der Waals surface area contributed by atoms with Crippen molar-refractivity contribution < 1.29 is 4.74 Å². The summed E-state index contributed by atoms with van der Waals surface area (Å²) in [6, 6.07) is 7.40. The van der Waals surface area contributed by atoms with Gasteiger partial charge in [-0.05, 0) is 19.1 Å². The minimum atomic E-state index is -0.0973. The molecule has 2 unspecified atom stereocenters. The molecule has 0 saturated carbocycles. The summed E-state index contributed by atoms with van der Waals surface area (Å²) in [7, 11) is 0. The van der Waals surface area contributed by atoms with Gasteiger partial charge in [0.1, 0.15) is 18.5 Å². The molecule has 1 aromatic carbocycles. The van der Waals surface area contributed by atoms with Gasteiger partial charge in [0.15, 0.2) is 0 Å². The maximum Gasteiger partial charge on any atom is 0.258 e. The number of ether oxygens (including phenoxy) is 1. The monoisotopic (exact) mass is 340 g/mol. The molecule has 8 heteroatoms. The maximum atomic E-state index is 12.3. The third-order valence-electron chi connectivity index (χ3n) is 4.60. The Labute approximate surface area is 144 Å². The predicted molar refractivity (Wildman–Crippen MR) is 92.1 cm³/mol. The van der Waals surface area contributed by atoms with Gasteiger partial charge in [0, 0.05) is 13.1 Å². The average Bonchev–Trinajstić information content (AvgIpc) is 3.14. The number of benzene rings is 1. The minimum absolute atomic E-state index is 0.000507. The Bertz CT molecular complexity index is 907. The summed E-state index contributed by atoms with van der Waals surface area (Å²) in [6.07, 6.45) is 3.24. The van der Waals surface area contributed by atoms with E-state index in [2.05, 4.69) is 31.9 Å². The highest BCUT2D eigenvalue weighted by molar-refractivity contribution is 5.77. The molecule has 2 atom stereocenters. The van der Waals surface area contributed by atoms with E-state index >= 15 is 0 Å². The van der Waals surface area contributed by atoms with E-state index in [-0.39, 0.29) is 17.7 Å². The van der Waals surface area contributed by atoms with Crippen molar-refractivity contribution in [2.45, 2.75) is 25.6 Å². The number of morpholine rings is 1. The second-order valence-electron chi connectivity index (χ2n) is 6.25. The Kier molecular flexibility index (Phi) is 4.29. The molecule has 3 aromatic rings. The number of rotatable bonds is 4. The molecule has 0 amide bonds. The van der Waals surface area contributed by atoms with E-state index in [0.717, 1.165) is 18.6 Å². The number of aromatic amines is 1. The molecule has 0 aliphatic carbocycles. The van der Waals surface area contributed by atoms with Crippen molar-refractivity contribution in [3.63, 3.8) is 0 Å². The molecule has 25 heavy (non-hydrogen) atoms. The molecule has 2 aromatic heterocycles. The van der Waals surface area contributed by atoms with Crippen LogP contribution in [0.2, 0.25) is 0 Å². The fraction of sp³-hybridized carbons (Fsp3) is 0.412. The minimum Gasteiger partial charge on any atom is -0.374 e. The maximum absolute atomic E-state index is 12.3. The number of hydrogen-bond acceptors (Lipinski definition) is 6. The van der Waals surface area contributed by atoms with E-state index in [1.165, 1.54) is 6.33 Å². The fourth-order valence-electron chi connectivity index (χ4n) is 3.22. The third-order valence-corrected chi connectivity index (χ3v) is 4.60. The van der Waals surface area contributed by atoms with Crippen LogP contribution in [0, 0.1) is 0 Å². The van der Waals surface area contributed by atoms with Crippen LogP contribution < -0.4 is 5.56 Å². The van der Waals surface area contributed by atoms with Crippen LogP contribution in [0.5, 0.6) is 0 Å². The summed E-state index contributed by atoms with van der Waals surface area (Å²) >= 11 is 0. The van der Waals surface area contributed by atoms with Crippen LogP contribution in [0.15, 0.2) is 41.7 Å². The van der Waals surface area contributed by atoms with Gasteiger partial charge in [-0.25, -0.2) is 9.97 Å². The number of fused-ring (bicyclic) bond motifs is 1. The zero-order valence-electron chi connectivity index (χ0n) is 14.0. The van der Waals surface area contributed by atoms with E-state index in [4.69, 9.17) is 4.74 Å². The van der Waals surface area contributed by atoms with E-state index in [1.54, 1.807) is 17.1 Å². The standard InChI is InChI=1S/C17H20N6O2/c1-12(16-20-15-5-3-2-4-14(15)17(24)21-16)22-6-7-25-13(8-22)9-23-11-18-10-19-23/h2-5,10-13H,6-9H2,1H3,(H,20,21,24). The number of para-hydroxylation sites is 1. The molecular weight excluding hydrogens is 320 g/mol. The van der Waals surface area contributed by atoms with Crippen LogP contribution >= 0.6 is 0 Å². The van der Waals surface area contributed by atoms with Crippen LogP contribution in [0.1, 0.15) is 18.8 Å². The highest BCUT2D eigenvalue weighted by Crippen LogP contribution is 2.21. The molecule has 1 fully saturated rings. The van der Waals surface area contributed by atoms with Crippen molar-refractivity contribution in [3.05, 3.63) is 53.1 Å². The largest absolute Gasteiger partial charge is 0.374 e. The molecule has 4 rings (SSSR count). The number of aromatic nitrogens is 5. The predicted octanol–water partition coefficient (Wildman–Crippen LogP) is 0.977. The summed E-state index contributed by atoms with van der Waals surface area (Å²) in [4.78, 5) is 26.1. The van der Waals surface area contributed by atoms with Gasteiger partial charge in [0.25, 0.3) is 5.56 Å². The van der Waals surface area contributed by atoms with Gasteiger partial charge in [0.2, 0.25) is 0 Å². The lowest BCUT2D eigenvalue weighted by Gasteiger charge is -2.36. The van der Waals surface area contributed by atoms with Gasteiger partial charge in [-0.1, -0.05) is 12.1 Å². The van der Waals surface area contributed by atoms with Gasteiger partial charge in [-0.2, -0.15) is 5.10 Å². The Morgan fingerprint density at radius 1 is 1.40 bits per heavy atom. The highest BCUT2D eigenvalue weighted by atomic mass is 16.5. The molecule has 3 heterocycles. The summed E-state index contributed by atoms with van der Waals surface area (Å²) in [5.74, 6) is 0.685. The Morgan fingerprint density at radius 2 is 2.28 bits per heavy atom. The first-order valence-corrected chi connectivity index (χ1v) is 8.38. The third kappa shape index (κ3) is 3.31. The number of nitrogens with zero attached hydrogens (tertiary/aromatic N) is 5. The molecule has 1 saturated heterocycles. The summed E-state index contributed by atoms with van der Waals surface area (Å²) in [6.45, 7) is 4.90. The fourth-order valence-corrected chi connectivity index (χ4v) is 3.22. The molecule has 0 bridgehead atoms. The first-order chi connectivity index (χ1) is 12.2. The lowest BCUT2D eigenvalue weighted by molar-refractivity contribution is -0.0507. The summed E-state index contributed by atoms with van der Waals surface area (Å²) < 4.78 is 7.61. The topological polar surface area (TPSA) is 88.9 Å². The van der Waals surface area contributed by atoms with Crippen molar-refractivity contribution in [3.8, 4) is 0 Å². The summed E-state index contributed by atoms with van der Waals surface area (Å²) in [5, 5.41) is 4.75. The number of hydrogen-bond donors (Lipinski definition) is 1. The lowest BCUT2D eigenvalue weighted by Crippen LogP contribution is -2.45. The van der Waals surface area contributed by atoms with Crippen LogP contribution in [-0.2, 0) is 11.3 Å². The van der Waals surface area contributed by atoms with E-state index in [0.29, 0.717) is 24.4 Å². The van der Waals surface area contributed by atoms with Crippen LogP contribution in [0.25, 0.3) is 10.9 Å². The van der Waals surface area contributed by atoms with Gasteiger partial charge in [-0.15, -0.1) is 0 Å². The SMILES string of the molecule is CC(c1nc2ccccc2c(=O)[nH]1)N1CCOC(Cn2cncn2)C1. The van der Waals surface area contributed by atoms with Gasteiger partial charge in [-0.3, -0.25) is 14.4 Å². The molecule has 8 nitrogen and oxygen atoms in total. The van der Waals surface area contributed by atoms with Crippen LogP contribution in [0.3, 0.4) is 0 Å². The zero-order valence-corrected chi connectivity index (χ0v) is 14.0. The zero-order chi connectivity index (χ0) is 17.2. The molecule has 1 aliphatic heterocycles. The number of H-pyrrole nitrogens is 1.